The van der Waals surface area contributed by atoms with Crippen molar-refractivity contribution in [3.63, 3.8) is 0 Å². The van der Waals surface area contributed by atoms with Gasteiger partial charge in [-0.25, -0.2) is 0 Å². The molecule has 0 aliphatic heterocycles. The highest BCUT2D eigenvalue weighted by molar-refractivity contribution is 6.69. The van der Waals surface area contributed by atoms with Crippen molar-refractivity contribution >= 4 is 67.2 Å². The predicted octanol–water partition coefficient (Wildman–Crippen LogP) is 5.76. The lowest BCUT2D eigenvalue weighted by Gasteiger charge is -2.06. The van der Waals surface area contributed by atoms with Crippen LogP contribution in [0.25, 0.3) is 20.8 Å². The van der Waals surface area contributed by atoms with E-state index < -0.39 is 0 Å². The van der Waals surface area contributed by atoms with E-state index in [1.54, 1.807) is 0 Å². The summed E-state index contributed by atoms with van der Waals surface area (Å²) in [6, 6.07) is 7.63. The minimum Gasteiger partial charge on any atom is -0.0827 e. The number of benzene rings is 2. The van der Waals surface area contributed by atoms with E-state index in [2.05, 4.69) is 0 Å². The lowest BCUT2D eigenvalue weighted by molar-refractivity contribution is 1.71. The van der Waals surface area contributed by atoms with Crippen LogP contribution in [0.5, 0.6) is 0 Å². The average molecular weight is 290 g/mol. The summed E-state index contributed by atoms with van der Waals surface area (Å²) in [5.74, 6) is 0. The van der Waals surface area contributed by atoms with E-state index in [1.807, 2.05) is 24.3 Å². The van der Waals surface area contributed by atoms with E-state index in [-0.39, 0.29) is 0 Å². The first-order valence-electron chi connectivity index (χ1n) is 4.58. The molecule has 16 heavy (non-hydrogen) atoms. The average Bonchev–Trinajstić information content (AvgIpc) is 2.52. The standard InChI is InChI=1S/C12H4Cl4/c13-7-4-5-2-1-3-6-8(5)9(11(7)15)12(16)10(6)14/h1-4H. The van der Waals surface area contributed by atoms with Crippen LogP contribution >= 0.6 is 46.4 Å². The molecular weight excluding hydrogens is 286 g/mol. The molecule has 2 aromatic carbocycles. The minimum atomic E-state index is 0.460. The molecule has 80 valence electrons. The summed E-state index contributed by atoms with van der Waals surface area (Å²) >= 11 is 24.6. The number of rotatable bonds is 0. The van der Waals surface area contributed by atoms with Crippen molar-refractivity contribution in [3.05, 3.63) is 45.4 Å². The van der Waals surface area contributed by atoms with Crippen LogP contribution in [-0.4, -0.2) is 0 Å². The fraction of sp³-hybridized carbons (Fsp3) is 0. The van der Waals surface area contributed by atoms with Gasteiger partial charge in [-0.2, -0.15) is 0 Å². The summed E-state index contributed by atoms with van der Waals surface area (Å²) in [5, 5.41) is 3.93. The summed E-state index contributed by atoms with van der Waals surface area (Å²) in [7, 11) is 0. The molecule has 4 heteroatoms. The second-order valence-electron chi connectivity index (χ2n) is 3.58. The number of hydrogen-bond acceptors (Lipinski definition) is 0. The van der Waals surface area contributed by atoms with Gasteiger partial charge >= 0.3 is 0 Å². The van der Waals surface area contributed by atoms with Crippen LogP contribution in [-0.2, 0) is 0 Å². The molecule has 0 amide bonds. The highest BCUT2D eigenvalue weighted by atomic mass is 35.5. The Balaban J connectivity index is 2.61. The molecule has 0 saturated carbocycles. The van der Waals surface area contributed by atoms with Crippen LogP contribution in [0.3, 0.4) is 0 Å². The van der Waals surface area contributed by atoms with E-state index in [1.165, 1.54) is 0 Å². The largest absolute Gasteiger partial charge is 0.0827 e. The highest BCUT2D eigenvalue weighted by Gasteiger charge is 2.25. The van der Waals surface area contributed by atoms with E-state index in [0.29, 0.717) is 20.1 Å². The van der Waals surface area contributed by atoms with Gasteiger partial charge in [-0.05, 0) is 11.5 Å². The van der Waals surface area contributed by atoms with Crippen molar-refractivity contribution in [2.75, 3.05) is 0 Å². The molecule has 0 bridgehead atoms. The lowest BCUT2D eigenvalue weighted by Crippen LogP contribution is -1.82. The molecule has 0 unspecified atom stereocenters. The Kier molecular flexibility index (Phi) is 2.38. The molecular formula is C12H4Cl4. The van der Waals surface area contributed by atoms with Gasteiger partial charge in [-0.1, -0.05) is 64.6 Å². The Morgan fingerprint density at radius 1 is 0.875 bits per heavy atom. The van der Waals surface area contributed by atoms with Gasteiger partial charge in [0.15, 0.2) is 0 Å². The van der Waals surface area contributed by atoms with Gasteiger partial charge in [-0.15, -0.1) is 0 Å². The summed E-state index contributed by atoms with van der Waals surface area (Å²) < 4.78 is 0. The molecule has 0 heterocycles. The van der Waals surface area contributed by atoms with Crippen LogP contribution in [0.1, 0.15) is 11.1 Å². The van der Waals surface area contributed by atoms with Crippen molar-refractivity contribution in [3.8, 4) is 0 Å². The summed E-state index contributed by atoms with van der Waals surface area (Å²) in [4.78, 5) is 0. The first-order chi connectivity index (χ1) is 7.61. The third kappa shape index (κ3) is 1.25. The van der Waals surface area contributed by atoms with Gasteiger partial charge in [0, 0.05) is 16.5 Å². The lowest BCUT2D eigenvalue weighted by atomic mass is 10.0. The Morgan fingerprint density at radius 2 is 1.62 bits per heavy atom. The molecule has 0 aromatic heterocycles. The van der Waals surface area contributed by atoms with Gasteiger partial charge in [-0.3, -0.25) is 0 Å². The van der Waals surface area contributed by atoms with Crippen molar-refractivity contribution in [1.82, 2.24) is 0 Å². The fourth-order valence-electron chi connectivity index (χ4n) is 2.02. The second-order valence-corrected chi connectivity index (χ2v) is 5.12. The quantitative estimate of drug-likeness (QED) is 0.578. The fourth-order valence-corrected chi connectivity index (χ4v) is 3.06. The number of halogens is 4. The molecule has 0 saturated heterocycles. The smallest absolute Gasteiger partial charge is 0.0692 e. The summed E-state index contributed by atoms with van der Waals surface area (Å²) in [6.45, 7) is 0. The monoisotopic (exact) mass is 288 g/mol. The first kappa shape index (κ1) is 10.7. The Morgan fingerprint density at radius 3 is 2.38 bits per heavy atom. The molecule has 0 spiro atoms. The number of hydrogen-bond donors (Lipinski definition) is 0. The van der Waals surface area contributed by atoms with E-state index in [4.69, 9.17) is 46.4 Å². The molecule has 0 nitrogen and oxygen atoms in total. The molecule has 0 radical (unpaired) electrons. The first-order valence-corrected chi connectivity index (χ1v) is 6.09. The second kappa shape index (κ2) is 3.54. The van der Waals surface area contributed by atoms with Crippen molar-refractivity contribution < 1.29 is 0 Å². The Bertz CT molecular complexity index is 656. The SMILES string of the molecule is ClC1=C(Cl)c2c(Cl)c(Cl)cc3cccc1c23. The Hall–Kier alpha value is -0.400. The third-order valence-electron chi connectivity index (χ3n) is 2.71. The van der Waals surface area contributed by atoms with Gasteiger partial charge in [0.1, 0.15) is 0 Å². The zero-order valence-corrected chi connectivity index (χ0v) is 10.8. The molecule has 2 aromatic rings. The van der Waals surface area contributed by atoms with Gasteiger partial charge in [0.05, 0.1) is 20.1 Å². The van der Waals surface area contributed by atoms with Gasteiger partial charge in [0.2, 0.25) is 0 Å². The molecule has 1 aliphatic rings. The molecule has 0 atom stereocenters. The Labute approximate surface area is 112 Å². The zero-order chi connectivity index (χ0) is 11.4. The van der Waals surface area contributed by atoms with Crippen molar-refractivity contribution in [1.29, 1.82) is 0 Å². The highest BCUT2D eigenvalue weighted by Crippen LogP contribution is 2.50. The van der Waals surface area contributed by atoms with Gasteiger partial charge in [0.25, 0.3) is 0 Å². The molecule has 0 fully saturated rings. The van der Waals surface area contributed by atoms with Crippen LogP contribution in [0.4, 0.5) is 0 Å². The zero-order valence-electron chi connectivity index (χ0n) is 7.82. The van der Waals surface area contributed by atoms with E-state index in [0.717, 1.165) is 21.9 Å². The van der Waals surface area contributed by atoms with E-state index in [9.17, 15) is 0 Å². The maximum absolute atomic E-state index is 6.18. The van der Waals surface area contributed by atoms with Crippen LogP contribution in [0.15, 0.2) is 24.3 Å². The third-order valence-corrected chi connectivity index (χ3v) is 4.36. The molecule has 0 N–H and O–H groups in total. The van der Waals surface area contributed by atoms with Crippen LogP contribution in [0, 0.1) is 0 Å². The topological polar surface area (TPSA) is 0 Å². The summed E-state index contributed by atoms with van der Waals surface area (Å²) in [6.07, 6.45) is 0. The van der Waals surface area contributed by atoms with Crippen molar-refractivity contribution in [2.24, 2.45) is 0 Å². The maximum atomic E-state index is 6.18. The summed E-state index contributed by atoms with van der Waals surface area (Å²) in [5.41, 5.74) is 1.66. The molecule has 3 rings (SSSR count). The van der Waals surface area contributed by atoms with Gasteiger partial charge < -0.3 is 0 Å². The maximum Gasteiger partial charge on any atom is 0.0692 e. The molecule has 1 aliphatic carbocycles. The van der Waals surface area contributed by atoms with Crippen LogP contribution < -0.4 is 0 Å². The van der Waals surface area contributed by atoms with Crippen LogP contribution in [0.2, 0.25) is 10.0 Å². The normalized spacial score (nSPS) is 14.0. The predicted molar refractivity (Wildman–Crippen MR) is 72.5 cm³/mol. The minimum absolute atomic E-state index is 0.460. The van der Waals surface area contributed by atoms with Crippen molar-refractivity contribution in [2.45, 2.75) is 0 Å². The van der Waals surface area contributed by atoms with E-state index >= 15 is 0 Å².